The van der Waals surface area contributed by atoms with Gasteiger partial charge >= 0.3 is 0 Å². The normalized spacial score (nSPS) is 12.3. The highest BCUT2D eigenvalue weighted by molar-refractivity contribution is 5.50. The molecule has 0 bridgehead atoms. The molecule has 0 spiro atoms. The van der Waals surface area contributed by atoms with Gasteiger partial charge in [0, 0.05) is 6.42 Å². The number of nitrogens with zero attached hydrogens (tertiary/aromatic N) is 1. The summed E-state index contributed by atoms with van der Waals surface area (Å²) in [5.74, 6) is 0. The number of hydrogen-bond donors (Lipinski definition) is 0. The van der Waals surface area contributed by atoms with Gasteiger partial charge in [0.15, 0.2) is 6.29 Å². The molecule has 0 unspecified atom stereocenters. The van der Waals surface area contributed by atoms with Gasteiger partial charge in [0.25, 0.3) is 0 Å². The summed E-state index contributed by atoms with van der Waals surface area (Å²) in [6, 6.07) is 0. The molecule has 0 aromatic heterocycles. The second-order valence-corrected chi connectivity index (χ2v) is 5.19. The third kappa shape index (κ3) is 13.3. The average Bonchev–Trinajstić information content (AvgIpc) is 2.50. The van der Waals surface area contributed by atoms with E-state index in [-0.39, 0.29) is 10.6 Å². The fraction of sp³-hybridized carbons (Fsp3) is 0.611. The maximum Gasteiger partial charge on any atom is 0.246 e. The molecule has 0 N–H and O–H groups in total. The standard InChI is InChI=1S/C18H28NO3/c1-2-3-12-15-18(19(21)22)16-13-10-8-6-4-5-7-9-11-14-17-20/h3,8,10,12,16H,2,4-7,9,11,13-15H2,1H3/b10-8+,12-3+,18-16-. The van der Waals surface area contributed by atoms with Gasteiger partial charge in [0.05, 0.1) is 11.3 Å². The van der Waals surface area contributed by atoms with Crippen LogP contribution < -0.4 is 0 Å². The quantitative estimate of drug-likeness (QED) is 0.189. The molecule has 0 aromatic carbocycles. The zero-order valence-electron chi connectivity index (χ0n) is 13.6. The Labute approximate surface area is 134 Å². The first kappa shape index (κ1) is 20.3. The Morgan fingerprint density at radius 1 is 1.05 bits per heavy atom. The molecule has 1 radical (unpaired) electrons. The van der Waals surface area contributed by atoms with Crippen molar-refractivity contribution in [1.29, 1.82) is 0 Å². The van der Waals surface area contributed by atoms with Gasteiger partial charge in [-0.15, -0.1) is 0 Å². The average molecular weight is 306 g/mol. The molecule has 0 heterocycles. The number of unbranched alkanes of at least 4 members (excludes halogenated alkanes) is 6. The smallest absolute Gasteiger partial charge is 0.246 e. The number of allylic oxidation sites excluding steroid dienone is 5. The predicted molar refractivity (Wildman–Crippen MR) is 90.9 cm³/mol. The molecule has 0 aliphatic carbocycles. The van der Waals surface area contributed by atoms with Gasteiger partial charge in [-0.2, -0.15) is 0 Å². The van der Waals surface area contributed by atoms with Crippen LogP contribution in [0.1, 0.15) is 71.1 Å². The van der Waals surface area contributed by atoms with E-state index in [2.05, 4.69) is 6.08 Å². The van der Waals surface area contributed by atoms with Gasteiger partial charge in [-0.05, 0) is 38.2 Å². The van der Waals surface area contributed by atoms with Crippen molar-refractivity contribution in [2.24, 2.45) is 0 Å². The SMILES string of the molecule is CC/C=C/C/C(=C/C/C=C/CCCCCCC[C]=O)[N+](=O)[O-]. The monoisotopic (exact) mass is 306 g/mol. The van der Waals surface area contributed by atoms with Crippen LogP contribution in [-0.2, 0) is 4.79 Å². The van der Waals surface area contributed by atoms with Crippen LogP contribution in [0, 0.1) is 10.1 Å². The molecular formula is C18H28NO3. The van der Waals surface area contributed by atoms with Gasteiger partial charge in [-0.1, -0.05) is 50.5 Å². The van der Waals surface area contributed by atoms with Crippen molar-refractivity contribution in [3.05, 3.63) is 46.2 Å². The van der Waals surface area contributed by atoms with Gasteiger partial charge in [-0.25, -0.2) is 0 Å². The lowest BCUT2D eigenvalue weighted by molar-refractivity contribution is -0.427. The summed E-state index contributed by atoms with van der Waals surface area (Å²) in [5, 5.41) is 10.9. The van der Waals surface area contributed by atoms with E-state index in [1.165, 1.54) is 6.42 Å². The van der Waals surface area contributed by atoms with E-state index in [9.17, 15) is 14.9 Å². The lowest BCUT2D eigenvalue weighted by Gasteiger charge is -1.97. The molecule has 0 atom stereocenters. The zero-order valence-corrected chi connectivity index (χ0v) is 13.6. The highest BCUT2D eigenvalue weighted by Crippen LogP contribution is 2.08. The summed E-state index contributed by atoms with van der Waals surface area (Å²) in [7, 11) is 0. The molecule has 0 aliphatic rings. The fourth-order valence-electron chi connectivity index (χ4n) is 2.01. The number of rotatable bonds is 14. The van der Waals surface area contributed by atoms with E-state index in [1.54, 1.807) is 6.08 Å². The van der Waals surface area contributed by atoms with Crippen LogP contribution in [0.4, 0.5) is 0 Å². The van der Waals surface area contributed by atoms with Crippen LogP contribution in [0.15, 0.2) is 36.1 Å². The minimum atomic E-state index is -0.301. The molecular weight excluding hydrogens is 278 g/mol. The Hall–Kier alpha value is -1.71. The van der Waals surface area contributed by atoms with Crippen molar-refractivity contribution in [2.75, 3.05) is 0 Å². The zero-order chi connectivity index (χ0) is 16.5. The summed E-state index contributed by atoms with van der Waals surface area (Å²) < 4.78 is 0. The lowest BCUT2D eigenvalue weighted by atomic mass is 10.1. The van der Waals surface area contributed by atoms with Crippen molar-refractivity contribution in [1.82, 2.24) is 0 Å². The van der Waals surface area contributed by atoms with E-state index in [4.69, 9.17) is 0 Å². The van der Waals surface area contributed by atoms with Crippen molar-refractivity contribution >= 4 is 6.29 Å². The Bertz CT molecular complexity index is 384. The molecule has 123 valence electrons. The van der Waals surface area contributed by atoms with Crippen LogP contribution in [-0.4, -0.2) is 11.2 Å². The third-order valence-corrected chi connectivity index (χ3v) is 3.27. The Kier molecular flexibility index (Phi) is 14.5. The number of nitro groups is 1. The van der Waals surface area contributed by atoms with Crippen LogP contribution in [0.25, 0.3) is 0 Å². The van der Waals surface area contributed by atoms with Crippen molar-refractivity contribution < 1.29 is 9.72 Å². The second kappa shape index (κ2) is 15.7. The Morgan fingerprint density at radius 3 is 2.45 bits per heavy atom. The highest BCUT2D eigenvalue weighted by atomic mass is 16.6. The molecule has 0 saturated heterocycles. The Balaban J connectivity index is 3.76. The summed E-state index contributed by atoms with van der Waals surface area (Å²) >= 11 is 0. The van der Waals surface area contributed by atoms with Crippen molar-refractivity contribution in [3.8, 4) is 0 Å². The molecule has 22 heavy (non-hydrogen) atoms. The fourth-order valence-corrected chi connectivity index (χ4v) is 2.01. The molecule has 0 aliphatic heterocycles. The predicted octanol–water partition coefficient (Wildman–Crippen LogP) is 5.29. The molecule has 0 aromatic rings. The maximum atomic E-state index is 10.9. The molecule has 0 saturated carbocycles. The van der Waals surface area contributed by atoms with E-state index < -0.39 is 0 Å². The van der Waals surface area contributed by atoms with E-state index in [0.29, 0.717) is 19.3 Å². The first-order chi connectivity index (χ1) is 10.7. The number of carbonyl (C=O) groups excluding carboxylic acids is 1. The van der Waals surface area contributed by atoms with Crippen LogP contribution in [0.3, 0.4) is 0 Å². The van der Waals surface area contributed by atoms with Crippen molar-refractivity contribution in [3.63, 3.8) is 0 Å². The molecule has 4 heteroatoms. The van der Waals surface area contributed by atoms with Gasteiger partial charge in [0.2, 0.25) is 5.70 Å². The van der Waals surface area contributed by atoms with Gasteiger partial charge in [-0.3, -0.25) is 14.9 Å². The molecule has 0 amide bonds. The molecule has 0 fully saturated rings. The summed E-state index contributed by atoms with van der Waals surface area (Å²) in [6.07, 6.45) is 20.4. The van der Waals surface area contributed by atoms with E-state index in [0.717, 1.165) is 38.5 Å². The molecule has 0 rings (SSSR count). The van der Waals surface area contributed by atoms with Gasteiger partial charge in [0.1, 0.15) is 0 Å². The minimum absolute atomic E-state index is 0.265. The van der Waals surface area contributed by atoms with Crippen LogP contribution in [0.2, 0.25) is 0 Å². The largest absolute Gasteiger partial charge is 0.291 e. The Morgan fingerprint density at radius 2 is 1.77 bits per heavy atom. The maximum absolute atomic E-state index is 10.9. The van der Waals surface area contributed by atoms with Crippen molar-refractivity contribution in [2.45, 2.75) is 71.1 Å². The first-order valence-electron chi connectivity index (χ1n) is 8.20. The first-order valence-corrected chi connectivity index (χ1v) is 8.20. The van der Waals surface area contributed by atoms with E-state index >= 15 is 0 Å². The lowest BCUT2D eigenvalue weighted by Crippen LogP contribution is -1.97. The summed E-state index contributed by atoms with van der Waals surface area (Å²) in [6.45, 7) is 2.01. The minimum Gasteiger partial charge on any atom is -0.291 e. The number of hydrogen-bond acceptors (Lipinski definition) is 3. The third-order valence-electron chi connectivity index (χ3n) is 3.27. The highest BCUT2D eigenvalue weighted by Gasteiger charge is 2.06. The van der Waals surface area contributed by atoms with E-state index in [1.807, 2.05) is 31.4 Å². The summed E-state index contributed by atoms with van der Waals surface area (Å²) in [5.41, 5.74) is 0.265. The van der Waals surface area contributed by atoms with Crippen LogP contribution in [0.5, 0.6) is 0 Å². The topological polar surface area (TPSA) is 60.2 Å². The molecule has 4 nitrogen and oxygen atoms in total. The second-order valence-electron chi connectivity index (χ2n) is 5.19. The van der Waals surface area contributed by atoms with Gasteiger partial charge < -0.3 is 0 Å². The summed E-state index contributed by atoms with van der Waals surface area (Å²) in [4.78, 5) is 20.6. The van der Waals surface area contributed by atoms with Crippen LogP contribution >= 0.6 is 0 Å².